The van der Waals surface area contributed by atoms with Crippen molar-refractivity contribution in [1.29, 1.82) is 0 Å². The first kappa shape index (κ1) is 15.2. The number of hydrogen-bond acceptors (Lipinski definition) is 1. The molecule has 0 atom stereocenters. The molecule has 0 saturated carbocycles. The first-order valence-electron chi connectivity index (χ1n) is 9.07. The Balaban J connectivity index is 1.88. The fourth-order valence-electron chi connectivity index (χ4n) is 4.86. The molecule has 0 amide bonds. The van der Waals surface area contributed by atoms with Gasteiger partial charge in [0, 0.05) is 21.2 Å². The molecule has 1 aliphatic heterocycles. The quantitative estimate of drug-likeness (QED) is 0.264. The van der Waals surface area contributed by atoms with Crippen molar-refractivity contribution in [3.8, 4) is 22.6 Å². The maximum Gasteiger partial charge on any atom is 0.132 e. The summed E-state index contributed by atoms with van der Waals surface area (Å²) >= 11 is 3.82. The number of ether oxygens (including phenoxy) is 1. The third kappa shape index (κ3) is 1.79. The summed E-state index contributed by atoms with van der Waals surface area (Å²) in [6.45, 7) is 0. The topological polar surface area (TPSA) is 9.23 Å². The number of benzene rings is 4. The summed E-state index contributed by atoms with van der Waals surface area (Å²) in [7, 11) is 0. The van der Waals surface area contributed by atoms with Crippen LogP contribution in [-0.2, 0) is 5.41 Å². The zero-order valence-corrected chi connectivity index (χ0v) is 16.0. The second-order valence-electron chi connectivity index (χ2n) is 7.05. The highest BCUT2D eigenvalue weighted by Crippen LogP contribution is 2.62. The van der Waals surface area contributed by atoms with Gasteiger partial charge in [0.05, 0.1) is 5.41 Å². The van der Waals surface area contributed by atoms with Crippen LogP contribution in [0.25, 0.3) is 11.1 Å². The molecule has 0 radical (unpaired) electrons. The van der Waals surface area contributed by atoms with Gasteiger partial charge in [0.25, 0.3) is 0 Å². The minimum Gasteiger partial charge on any atom is -0.457 e. The summed E-state index contributed by atoms with van der Waals surface area (Å²) in [5.74, 6) is 1.86. The molecule has 2 heteroatoms. The van der Waals surface area contributed by atoms with Crippen LogP contribution >= 0.6 is 15.9 Å². The smallest absolute Gasteiger partial charge is 0.132 e. The van der Waals surface area contributed by atoms with Gasteiger partial charge in [0.15, 0.2) is 0 Å². The summed E-state index contributed by atoms with van der Waals surface area (Å²) in [5.41, 5.74) is 7.23. The van der Waals surface area contributed by atoms with E-state index in [0.29, 0.717) is 0 Å². The van der Waals surface area contributed by atoms with Gasteiger partial charge in [-0.15, -0.1) is 0 Å². The van der Waals surface area contributed by atoms with E-state index < -0.39 is 0 Å². The molecule has 1 nitrogen and oxygen atoms in total. The monoisotopic (exact) mass is 410 g/mol. The summed E-state index contributed by atoms with van der Waals surface area (Å²) in [5, 5.41) is 0. The number of fused-ring (bicyclic) bond motifs is 9. The molecule has 1 aliphatic carbocycles. The van der Waals surface area contributed by atoms with E-state index in [0.717, 1.165) is 16.0 Å². The first-order valence-corrected chi connectivity index (χ1v) is 9.87. The Morgan fingerprint density at radius 2 is 1.11 bits per heavy atom. The van der Waals surface area contributed by atoms with Gasteiger partial charge in [-0.1, -0.05) is 88.7 Å². The first-order chi connectivity index (χ1) is 13.3. The molecule has 0 aromatic heterocycles. The summed E-state index contributed by atoms with van der Waals surface area (Å²) in [4.78, 5) is 0. The van der Waals surface area contributed by atoms with Crippen molar-refractivity contribution in [3.05, 3.63) is 118 Å². The van der Waals surface area contributed by atoms with Gasteiger partial charge in [-0.2, -0.15) is 0 Å². The molecule has 0 bridgehead atoms. The van der Waals surface area contributed by atoms with E-state index in [1.54, 1.807) is 0 Å². The molecule has 1 heterocycles. The highest BCUT2D eigenvalue weighted by molar-refractivity contribution is 9.10. The van der Waals surface area contributed by atoms with E-state index >= 15 is 0 Å². The fourth-order valence-corrected chi connectivity index (χ4v) is 5.44. The number of rotatable bonds is 0. The zero-order chi connectivity index (χ0) is 18.0. The highest BCUT2D eigenvalue weighted by atomic mass is 79.9. The summed E-state index contributed by atoms with van der Waals surface area (Å²) < 4.78 is 7.44. The van der Waals surface area contributed by atoms with E-state index in [9.17, 15) is 0 Å². The lowest BCUT2D eigenvalue weighted by atomic mass is 9.66. The lowest BCUT2D eigenvalue weighted by molar-refractivity contribution is 0.436. The highest BCUT2D eigenvalue weighted by Gasteiger charge is 2.51. The van der Waals surface area contributed by atoms with Gasteiger partial charge in [-0.05, 0) is 34.9 Å². The van der Waals surface area contributed by atoms with Crippen LogP contribution in [0.1, 0.15) is 22.3 Å². The fraction of sp³-hybridized carbons (Fsp3) is 0.0400. The molecule has 0 fully saturated rings. The summed E-state index contributed by atoms with van der Waals surface area (Å²) in [6.07, 6.45) is 0. The molecular formula is C25H15BrO. The van der Waals surface area contributed by atoms with E-state index in [2.05, 4.69) is 94.8 Å². The van der Waals surface area contributed by atoms with E-state index in [-0.39, 0.29) is 5.41 Å². The molecule has 0 unspecified atom stereocenters. The van der Waals surface area contributed by atoms with Crippen LogP contribution in [0.2, 0.25) is 0 Å². The second-order valence-corrected chi connectivity index (χ2v) is 7.91. The standard InChI is InChI=1S/C25H15BrO/c26-21-13-7-12-20-24(21)16-8-1-2-9-17(16)25(20)18-10-3-5-14-22(18)27-23-15-6-4-11-19(23)25/h1-15H. The van der Waals surface area contributed by atoms with Crippen LogP contribution < -0.4 is 4.74 Å². The van der Waals surface area contributed by atoms with Crippen LogP contribution in [0.3, 0.4) is 0 Å². The molecule has 27 heavy (non-hydrogen) atoms. The Morgan fingerprint density at radius 1 is 0.556 bits per heavy atom. The normalized spacial score (nSPS) is 14.7. The van der Waals surface area contributed by atoms with Crippen molar-refractivity contribution in [2.45, 2.75) is 5.41 Å². The number of para-hydroxylation sites is 2. The average Bonchev–Trinajstić information content (AvgIpc) is 3.01. The minimum absolute atomic E-state index is 0.360. The van der Waals surface area contributed by atoms with Crippen molar-refractivity contribution in [2.75, 3.05) is 0 Å². The molecule has 0 N–H and O–H groups in total. The molecule has 2 aliphatic rings. The minimum atomic E-state index is -0.360. The maximum atomic E-state index is 6.31. The lowest BCUT2D eigenvalue weighted by Gasteiger charge is -2.39. The summed E-state index contributed by atoms with van der Waals surface area (Å²) in [6, 6.07) is 32.2. The molecular weight excluding hydrogens is 396 g/mol. The second kappa shape index (κ2) is 5.34. The van der Waals surface area contributed by atoms with Gasteiger partial charge >= 0.3 is 0 Å². The van der Waals surface area contributed by atoms with E-state index in [1.807, 2.05) is 12.1 Å². The van der Waals surface area contributed by atoms with Crippen LogP contribution in [0.4, 0.5) is 0 Å². The average molecular weight is 411 g/mol. The van der Waals surface area contributed by atoms with Gasteiger partial charge in [0.1, 0.15) is 11.5 Å². The van der Waals surface area contributed by atoms with Crippen molar-refractivity contribution in [1.82, 2.24) is 0 Å². The molecule has 1 spiro atoms. The van der Waals surface area contributed by atoms with Crippen LogP contribution in [0.15, 0.2) is 95.5 Å². The van der Waals surface area contributed by atoms with Gasteiger partial charge in [0.2, 0.25) is 0 Å². The third-order valence-corrected chi connectivity index (χ3v) is 6.48. The Kier molecular flexibility index (Phi) is 3.01. The molecule has 0 saturated heterocycles. The van der Waals surface area contributed by atoms with Crippen molar-refractivity contribution in [2.24, 2.45) is 0 Å². The maximum absolute atomic E-state index is 6.31. The van der Waals surface area contributed by atoms with E-state index in [4.69, 9.17) is 4.74 Å². The predicted octanol–water partition coefficient (Wildman–Crippen LogP) is 6.92. The van der Waals surface area contributed by atoms with Crippen molar-refractivity contribution in [3.63, 3.8) is 0 Å². The van der Waals surface area contributed by atoms with Crippen molar-refractivity contribution < 1.29 is 4.74 Å². The molecule has 4 aromatic rings. The third-order valence-electron chi connectivity index (χ3n) is 5.82. The molecule has 6 rings (SSSR count). The van der Waals surface area contributed by atoms with Crippen LogP contribution in [0, 0.1) is 0 Å². The number of hydrogen-bond donors (Lipinski definition) is 0. The lowest BCUT2D eigenvalue weighted by Crippen LogP contribution is -2.32. The van der Waals surface area contributed by atoms with Crippen LogP contribution in [-0.4, -0.2) is 0 Å². The number of halogens is 1. The Bertz CT molecular complexity index is 1180. The van der Waals surface area contributed by atoms with Crippen molar-refractivity contribution >= 4 is 15.9 Å². The zero-order valence-electron chi connectivity index (χ0n) is 14.4. The Hall–Kier alpha value is -2.84. The van der Waals surface area contributed by atoms with E-state index in [1.165, 1.54) is 33.4 Å². The largest absolute Gasteiger partial charge is 0.457 e. The predicted molar refractivity (Wildman–Crippen MR) is 112 cm³/mol. The molecule has 128 valence electrons. The molecule has 4 aromatic carbocycles. The Labute approximate surface area is 166 Å². The van der Waals surface area contributed by atoms with Gasteiger partial charge in [-0.25, -0.2) is 0 Å². The Morgan fingerprint density at radius 3 is 1.81 bits per heavy atom. The van der Waals surface area contributed by atoms with Crippen LogP contribution in [0.5, 0.6) is 11.5 Å². The van der Waals surface area contributed by atoms with Gasteiger partial charge in [-0.3, -0.25) is 0 Å². The van der Waals surface area contributed by atoms with Gasteiger partial charge < -0.3 is 4.74 Å². The SMILES string of the molecule is Brc1cccc2c1-c1ccccc1C21c2ccccc2Oc2ccccc21.